The molecule has 2 aromatic heterocycles. The van der Waals surface area contributed by atoms with Gasteiger partial charge in [-0.15, -0.1) is 0 Å². The first-order chi connectivity index (χ1) is 11.8. The number of carbonyl (C=O) groups excluding carboxylic acids is 1. The zero-order valence-electron chi connectivity index (χ0n) is 13.6. The lowest BCUT2D eigenvalue weighted by Crippen LogP contribution is -2.33. The van der Waals surface area contributed by atoms with Gasteiger partial charge in [0.15, 0.2) is 5.69 Å². The summed E-state index contributed by atoms with van der Waals surface area (Å²) in [6, 6.07) is 1.83. The summed E-state index contributed by atoms with van der Waals surface area (Å²) in [6.07, 6.45) is 8.06. The minimum absolute atomic E-state index is 0.0283. The fourth-order valence-electron chi connectivity index (χ4n) is 3.58. The third-order valence-corrected chi connectivity index (χ3v) is 5.30. The monoisotopic (exact) mass is 324 g/mol. The Morgan fingerprint density at radius 3 is 2.67 bits per heavy atom. The number of aromatic nitrogens is 3. The van der Waals surface area contributed by atoms with Crippen molar-refractivity contribution in [2.24, 2.45) is 0 Å². The first-order valence-corrected chi connectivity index (χ1v) is 8.88. The second kappa shape index (κ2) is 5.40. The SMILES string of the molecule is O=C(c1cc(C2CC2)on1)N1CCc2ncnc(C3CC3)c2CC1. The van der Waals surface area contributed by atoms with Crippen LogP contribution in [-0.4, -0.2) is 39.0 Å². The Morgan fingerprint density at radius 1 is 1.08 bits per heavy atom. The summed E-state index contributed by atoms with van der Waals surface area (Å²) < 4.78 is 5.33. The molecule has 124 valence electrons. The van der Waals surface area contributed by atoms with Crippen LogP contribution >= 0.6 is 0 Å². The second-order valence-corrected chi connectivity index (χ2v) is 7.14. The number of amides is 1. The lowest BCUT2D eigenvalue weighted by atomic mass is 10.0. The van der Waals surface area contributed by atoms with Gasteiger partial charge in [-0.3, -0.25) is 4.79 Å². The molecule has 24 heavy (non-hydrogen) atoms. The smallest absolute Gasteiger partial charge is 0.276 e. The van der Waals surface area contributed by atoms with E-state index in [1.807, 2.05) is 11.0 Å². The summed E-state index contributed by atoms with van der Waals surface area (Å²) in [5.41, 5.74) is 4.04. The number of hydrogen-bond acceptors (Lipinski definition) is 5. The van der Waals surface area contributed by atoms with E-state index in [2.05, 4.69) is 15.1 Å². The van der Waals surface area contributed by atoms with Gasteiger partial charge >= 0.3 is 0 Å². The maximum absolute atomic E-state index is 12.8. The number of rotatable bonds is 3. The van der Waals surface area contributed by atoms with Crippen LogP contribution in [0.2, 0.25) is 0 Å². The second-order valence-electron chi connectivity index (χ2n) is 7.14. The molecule has 0 aromatic carbocycles. The van der Waals surface area contributed by atoms with Crippen molar-refractivity contribution in [2.75, 3.05) is 13.1 Å². The lowest BCUT2D eigenvalue weighted by Gasteiger charge is -2.18. The quantitative estimate of drug-likeness (QED) is 0.867. The zero-order chi connectivity index (χ0) is 16.1. The minimum Gasteiger partial charge on any atom is -0.360 e. The Hall–Kier alpha value is -2.24. The summed E-state index contributed by atoms with van der Waals surface area (Å²) in [5, 5.41) is 3.99. The van der Waals surface area contributed by atoms with Gasteiger partial charge in [-0.25, -0.2) is 9.97 Å². The first kappa shape index (κ1) is 14.1. The van der Waals surface area contributed by atoms with Crippen LogP contribution in [0, 0.1) is 0 Å². The molecule has 2 fully saturated rings. The van der Waals surface area contributed by atoms with Crippen LogP contribution in [0.3, 0.4) is 0 Å². The molecule has 0 bridgehead atoms. The highest BCUT2D eigenvalue weighted by molar-refractivity contribution is 5.92. The van der Waals surface area contributed by atoms with Crippen molar-refractivity contribution in [1.82, 2.24) is 20.0 Å². The summed E-state index contributed by atoms with van der Waals surface area (Å²) in [4.78, 5) is 23.6. The van der Waals surface area contributed by atoms with E-state index in [1.54, 1.807) is 6.33 Å². The molecule has 0 spiro atoms. The predicted molar refractivity (Wildman–Crippen MR) is 85.8 cm³/mol. The molecule has 0 radical (unpaired) electrons. The van der Waals surface area contributed by atoms with E-state index in [1.165, 1.54) is 24.1 Å². The number of carbonyl (C=O) groups is 1. The van der Waals surface area contributed by atoms with Gasteiger partial charge in [-0.05, 0) is 37.7 Å². The predicted octanol–water partition coefficient (Wildman–Crippen LogP) is 2.46. The fourth-order valence-corrected chi connectivity index (χ4v) is 3.58. The van der Waals surface area contributed by atoms with E-state index < -0.39 is 0 Å². The van der Waals surface area contributed by atoms with E-state index in [0.29, 0.717) is 30.6 Å². The van der Waals surface area contributed by atoms with E-state index in [0.717, 1.165) is 37.1 Å². The maximum atomic E-state index is 12.8. The average Bonchev–Trinajstić information content (AvgIpc) is 3.51. The topological polar surface area (TPSA) is 72.1 Å². The summed E-state index contributed by atoms with van der Waals surface area (Å²) >= 11 is 0. The van der Waals surface area contributed by atoms with Crippen molar-refractivity contribution < 1.29 is 9.32 Å². The van der Waals surface area contributed by atoms with Crippen molar-refractivity contribution in [1.29, 1.82) is 0 Å². The Labute approximate surface area is 140 Å². The van der Waals surface area contributed by atoms with Gasteiger partial charge in [0.25, 0.3) is 5.91 Å². The van der Waals surface area contributed by atoms with Gasteiger partial charge in [-0.1, -0.05) is 5.16 Å². The Morgan fingerprint density at radius 2 is 1.88 bits per heavy atom. The lowest BCUT2D eigenvalue weighted by molar-refractivity contribution is 0.0752. The Balaban J connectivity index is 1.35. The van der Waals surface area contributed by atoms with Gasteiger partial charge in [-0.2, -0.15) is 0 Å². The summed E-state index contributed by atoms with van der Waals surface area (Å²) in [5.74, 6) is 1.92. The van der Waals surface area contributed by atoms with E-state index in [-0.39, 0.29) is 5.91 Å². The molecule has 0 saturated heterocycles. The van der Waals surface area contributed by atoms with Crippen molar-refractivity contribution in [3.8, 4) is 0 Å². The Kier molecular flexibility index (Phi) is 3.18. The molecule has 2 aliphatic carbocycles. The summed E-state index contributed by atoms with van der Waals surface area (Å²) in [7, 11) is 0. The average molecular weight is 324 g/mol. The van der Waals surface area contributed by atoms with Crippen LogP contribution in [0.4, 0.5) is 0 Å². The zero-order valence-corrected chi connectivity index (χ0v) is 13.6. The minimum atomic E-state index is -0.0283. The molecular weight excluding hydrogens is 304 g/mol. The first-order valence-electron chi connectivity index (χ1n) is 8.88. The van der Waals surface area contributed by atoms with Crippen LogP contribution in [-0.2, 0) is 12.8 Å². The standard InChI is InChI=1S/C18H20N4O2/c23-18(15-9-16(24-21-15)11-1-2-11)22-7-5-13-14(6-8-22)19-10-20-17(13)12-3-4-12/h9-12H,1-8H2. The largest absolute Gasteiger partial charge is 0.360 e. The van der Waals surface area contributed by atoms with Crippen molar-refractivity contribution >= 4 is 5.91 Å². The maximum Gasteiger partial charge on any atom is 0.276 e. The van der Waals surface area contributed by atoms with Gasteiger partial charge in [0.2, 0.25) is 0 Å². The number of nitrogens with zero attached hydrogens (tertiary/aromatic N) is 4. The molecular formula is C18H20N4O2. The molecule has 3 heterocycles. The molecule has 2 saturated carbocycles. The molecule has 2 aromatic rings. The van der Waals surface area contributed by atoms with Crippen LogP contribution < -0.4 is 0 Å². The van der Waals surface area contributed by atoms with E-state index >= 15 is 0 Å². The van der Waals surface area contributed by atoms with Gasteiger partial charge in [0.1, 0.15) is 12.1 Å². The molecule has 6 nitrogen and oxygen atoms in total. The highest BCUT2D eigenvalue weighted by atomic mass is 16.5. The highest BCUT2D eigenvalue weighted by Gasteiger charge is 2.32. The number of fused-ring (bicyclic) bond motifs is 1. The molecule has 3 aliphatic rings. The number of hydrogen-bond donors (Lipinski definition) is 0. The molecule has 6 heteroatoms. The molecule has 0 unspecified atom stereocenters. The molecule has 0 atom stereocenters. The fraction of sp³-hybridized carbons (Fsp3) is 0.556. The van der Waals surface area contributed by atoms with Gasteiger partial charge in [0, 0.05) is 43.1 Å². The van der Waals surface area contributed by atoms with Crippen molar-refractivity contribution in [3.05, 3.63) is 40.8 Å². The van der Waals surface area contributed by atoms with E-state index in [4.69, 9.17) is 4.52 Å². The molecule has 5 rings (SSSR count). The van der Waals surface area contributed by atoms with Crippen LogP contribution in [0.1, 0.15) is 70.7 Å². The van der Waals surface area contributed by atoms with Crippen LogP contribution in [0.5, 0.6) is 0 Å². The van der Waals surface area contributed by atoms with E-state index in [9.17, 15) is 4.79 Å². The molecule has 0 N–H and O–H groups in total. The third kappa shape index (κ3) is 2.50. The molecule has 1 amide bonds. The van der Waals surface area contributed by atoms with Gasteiger partial charge < -0.3 is 9.42 Å². The highest BCUT2D eigenvalue weighted by Crippen LogP contribution is 2.42. The Bertz CT molecular complexity index is 792. The third-order valence-electron chi connectivity index (χ3n) is 5.30. The molecule has 1 aliphatic heterocycles. The normalized spacial score (nSPS) is 20.6. The summed E-state index contributed by atoms with van der Waals surface area (Å²) in [6.45, 7) is 1.38. The van der Waals surface area contributed by atoms with Crippen LogP contribution in [0.25, 0.3) is 0 Å². The van der Waals surface area contributed by atoms with Gasteiger partial charge in [0.05, 0.1) is 5.69 Å². The van der Waals surface area contributed by atoms with Crippen molar-refractivity contribution in [2.45, 2.75) is 50.4 Å². The van der Waals surface area contributed by atoms with Crippen molar-refractivity contribution in [3.63, 3.8) is 0 Å². The van der Waals surface area contributed by atoms with Crippen LogP contribution in [0.15, 0.2) is 16.9 Å².